The molecule has 0 aromatic carbocycles. The summed E-state index contributed by atoms with van der Waals surface area (Å²) in [4.78, 5) is 32.2. The molecule has 3 rings (SSSR count). The number of imidazole rings is 1. The molecule has 1 fully saturated rings. The lowest BCUT2D eigenvalue weighted by Gasteiger charge is -2.29. The number of rotatable bonds is 2. The van der Waals surface area contributed by atoms with Crippen molar-refractivity contribution in [2.45, 2.75) is 37.9 Å². The Morgan fingerprint density at radius 1 is 1.47 bits per heavy atom. The van der Waals surface area contributed by atoms with E-state index < -0.39 is 12.0 Å². The van der Waals surface area contributed by atoms with Crippen molar-refractivity contribution >= 4 is 11.9 Å². The summed E-state index contributed by atoms with van der Waals surface area (Å²) in [6, 6.07) is -1.04. The van der Waals surface area contributed by atoms with Crippen LogP contribution in [0.4, 0.5) is 0 Å². The summed E-state index contributed by atoms with van der Waals surface area (Å²) in [5.74, 6) is -1.04. The van der Waals surface area contributed by atoms with Gasteiger partial charge in [0.1, 0.15) is 6.04 Å². The number of H-pyrrole nitrogens is 1. The lowest BCUT2D eigenvalue weighted by atomic mass is 10.0. The Kier molecular flexibility index (Phi) is 2.98. The number of nitrogens with zero attached hydrogens (tertiary/aromatic N) is 2. The molecule has 1 amide bonds. The number of likely N-dealkylation sites (tertiary alicyclic amines) is 1. The number of fused-ring (bicyclic) bond motifs is 1. The van der Waals surface area contributed by atoms with E-state index in [1.165, 1.54) is 4.90 Å². The number of hydrogen-bond acceptors (Lipinski definition) is 4. The van der Waals surface area contributed by atoms with Crippen molar-refractivity contribution in [3.63, 3.8) is 0 Å². The molecule has 7 heteroatoms. The molecule has 0 saturated carbocycles. The zero-order valence-corrected chi connectivity index (χ0v) is 10.4. The molecule has 1 aromatic rings. The molecule has 3 heterocycles. The molecule has 2 aliphatic rings. The molecular weight excluding hydrogens is 248 g/mol. The predicted molar refractivity (Wildman–Crippen MR) is 65.3 cm³/mol. The number of carboxylic acid groups (broad SMARTS) is 1. The average Bonchev–Trinajstić information content (AvgIpc) is 3.05. The number of aliphatic carboxylic acids is 1. The zero-order valence-electron chi connectivity index (χ0n) is 10.4. The molecule has 2 atom stereocenters. The second kappa shape index (κ2) is 4.65. The van der Waals surface area contributed by atoms with Gasteiger partial charge in [-0.2, -0.15) is 0 Å². The Hall–Kier alpha value is -1.89. The minimum Gasteiger partial charge on any atom is -0.480 e. The molecule has 2 unspecified atom stereocenters. The van der Waals surface area contributed by atoms with Crippen LogP contribution >= 0.6 is 0 Å². The summed E-state index contributed by atoms with van der Waals surface area (Å²) in [6.07, 6.45) is 3.43. The van der Waals surface area contributed by atoms with Gasteiger partial charge < -0.3 is 15.0 Å². The van der Waals surface area contributed by atoms with Crippen molar-refractivity contribution in [3.8, 4) is 0 Å². The molecule has 102 valence electrons. The van der Waals surface area contributed by atoms with Crippen LogP contribution in [-0.4, -0.2) is 50.5 Å². The smallest absolute Gasteiger partial charge is 0.326 e. The SMILES string of the molecule is O=C(O)C1CCCN1C(=O)C1Cc2nc[nH]c2CN1. The number of hydrogen-bond donors (Lipinski definition) is 3. The number of carboxylic acids is 1. The van der Waals surface area contributed by atoms with Crippen molar-refractivity contribution in [1.82, 2.24) is 20.2 Å². The molecule has 2 aliphatic heterocycles. The van der Waals surface area contributed by atoms with E-state index in [1.807, 2.05) is 0 Å². The lowest BCUT2D eigenvalue weighted by molar-refractivity contribution is -0.149. The highest BCUT2D eigenvalue weighted by Crippen LogP contribution is 2.21. The topological polar surface area (TPSA) is 98.3 Å². The fourth-order valence-electron chi connectivity index (χ4n) is 2.83. The normalized spacial score (nSPS) is 26.2. The maximum Gasteiger partial charge on any atom is 0.326 e. The first kappa shape index (κ1) is 12.2. The second-order valence-corrected chi connectivity index (χ2v) is 4.99. The second-order valence-electron chi connectivity index (χ2n) is 4.99. The summed E-state index contributed by atoms with van der Waals surface area (Å²) < 4.78 is 0. The van der Waals surface area contributed by atoms with Crippen LogP contribution in [0.2, 0.25) is 0 Å². The Labute approximate surface area is 110 Å². The number of nitrogens with one attached hydrogen (secondary N) is 2. The monoisotopic (exact) mass is 264 g/mol. The van der Waals surface area contributed by atoms with Gasteiger partial charge in [-0.3, -0.25) is 10.1 Å². The summed E-state index contributed by atoms with van der Waals surface area (Å²) in [5.41, 5.74) is 1.89. The van der Waals surface area contributed by atoms with Crippen molar-refractivity contribution in [2.24, 2.45) is 0 Å². The highest BCUT2D eigenvalue weighted by atomic mass is 16.4. The summed E-state index contributed by atoms with van der Waals surface area (Å²) in [5, 5.41) is 12.3. The van der Waals surface area contributed by atoms with Gasteiger partial charge in [0.15, 0.2) is 0 Å². The standard InChI is InChI=1S/C12H16N4O3/c17-11(16-3-1-2-10(16)12(18)19)8-4-7-9(5-13-8)15-6-14-7/h6,8,10,13H,1-5H2,(H,14,15)(H,18,19). The van der Waals surface area contributed by atoms with Crippen LogP contribution in [0.25, 0.3) is 0 Å². The molecule has 0 spiro atoms. The number of carbonyl (C=O) groups excluding carboxylic acids is 1. The number of carbonyl (C=O) groups is 2. The summed E-state index contributed by atoms with van der Waals surface area (Å²) >= 11 is 0. The van der Waals surface area contributed by atoms with Crippen LogP contribution in [-0.2, 0) is 22.6 Å². The number of aromatic amines is 1. The molecular formula is C12H16N4O3. The maximum absolute atomic E-state index is 12.4. The van der Waals surface area contributed by atoms with E-state index in [-0.39, 0.29) is 11.9 Å². The molecule has 0 bridgehead atoms. The average molecular weight is 264 g/mol. The molecule has 7 nitrogen and oxygen atoms in total. The highest BCUT2D eigenvalue weighted by Gasteiger charge is 2.38. The van der Waals surface area contributed by atoms with Crippen molar-refractivity contribution in [1.29, 1.82) is 0 Å². The predicted octanol–water partition coefficient (Wildman–Crippen LogP) is -0.500. The third kappa shape index (κ3) is 2.10. The van der Waals surface area contributed by atoms with Crippen LogP contribution in [0, 0.1) is 0 Å². The van der Waals surface area contributed by atoms with Crippen molar-refractivity contribution in [3.05, 3.63) is 17.7 Å². The third-order valence-corrected chi connectivity index (χ3v) is 3.85. The third-order valence-electron chi connectivity index (χ3n) is 3.85. The van der Waals surface area contributed by atoms with Gasteiger partial charge in [-0.1, -0.05) is 0 Å². The van der Waals surface area contributed by atoms with Gasteiger partial charge in [-0.25, -0.2) is 9.78 Å². The van der Waals surface area contributed by atoms with Crippen LogP contribution in [0.5, 0.6) is 0 Å². The first-order valence-electron chi connectivity index (χ1n) is 6.44. The first-order valence-corrected chi connectivity index (χ1v) is 6.44. The first-order chi connectivity index (χ1) is 9.16. The Morgan fingerprint density at radius 2 is 2.32 bits per heavy atom. The Bertz CT molecular complexity index is 513. The zero-order chi connectivity index (χ0) is 13.4. The van der Waals surface area contributed by atoms with E-state index >= 15 is 0 Å². The Balaban J connectivity index is 1.73. The van der Waals surface area contributed by atoms with Crippen LogP contribution in [0.1, 0.15) is 24.2 Å². The van der Waals surface area contributed by atoms with E-state index in [2.05, 4.69) is 15.3 Å². The largest absolute Gasteiger partial charge is 0.480 e. The number of amides is 1. The molecule has 0 radical (unpaired) electrons. The van der Waals surface area contributed by atoms with Gasteiger partial charge in [-0.05, 0) is 12.8 Å². The van der Waals surface area contributed by atoms with E-state index in [1.54, 1.807) is 6.33 Å². The van der Waals surface area contributed by atoms with Crippen LogP contribution < -0.4 is 5.32 Å². The lowest BCUT2D eigenvalue weighted by Crippen LogP contribution is -2.52. The minimum absolute atomic E-state index is 0.126. The molecule has 1 saturated heterocycles. The van der Waals surface area contributed by atoms with Gasteiger partial charge in [0.2, 0.25) is 5.91 Å². The van der Waals surface area contributed by atoms with Crippen LogP contribution in [0.3, 0.4) is 0 Å². The van der Waals surface area contributed by atoms with Crippen LogP contribution in [0.15, 0.2) is 6.33 Å². The highest BCUT2D eigenvalue weighted by molar-refractivity contribution is 5.88. The van der Waals surface area contributed by atoms with Gasteiger partial charge in [0.25, 0.3) is 0 Å². The summed E-state index contributed by atoms with van der Waals surface area (Å²) in [7, 11) is 0. The minimum atomic E-state index is -0.915. The van der Waals surface area contributed by atoms with E-state index in [4.69, 9.17) is 5.11 Å². The van der Waals surface area contributed by atoms with E-state index in [0.717, 1.165) is 17.8 Å². The summed E-state index contributed by atoms with van der Waals surface area (Å²) in [6.45, 7) is 1.10. The fraction of sp³-hybridized carbons (Fsp3) is 0.583. The molecule has 1 aromatic heterocycles. The van der Waals surface area contributed by atoms with Gasteiger partial charge in [0.05, 0.1) is 23.8 Å². The quantitative estimate of drug-likeness (QED) is 0.669. The van der Waals surface area contributed by atoms with Gasteiger partial charge in [0, 0.05) is 19.5 Å². The van der Waals surface area contributed by atoms with Gasteiger partial charge in [-0.15, -0.1) is 0 Å². The molecule has 19 heavy (non-hydrogen) atoms. The fourth-order valence-corrected chi connectivity index (χ4v) is 2.83. The van der Waals surface area contributed by atoms with E-state index in [9.17, 15) is 9.59 Å². The maximum atomic E-state index is 12.4. The van der Waals surface area contributed by atoms with Gasteiger partial charge >= 0.3 is 5.97 Å². The van der Waals surface area contributed by atoms with Crippen molar-refractivity contribution in [2.75, 3.05) is 6.54 Å². The molecule has 0 aliphatic carbocycles. The van der Waals surface area contributed by atoms with E-state index in [0.29, 0.717) is 25.9 Å². The Morgan fingerprint density at radius 3 is 3.11 bits per heavy atom. The molecule has 3 N–H and O–H groups in total. The number of aromatic nitrogens is 2. The van der Waals surface area contributed by atoms with Crippen molar-refractivity contribution < 1.29 is 14.7 Å².